The van der Waals surface area contributed by atoms with E-state index in [2.05, 4.69) is 69.2 Å². The van der Waals surface area contributed by atoms with Gasteiger partial charge in [0.1, 0.15) is 0 Å². The van der Waals surface area contributed by atoms with Gasteiger partial charge in [-0.1, -0.05) is 39.0 Å². The Balaban J connectivity index is 2.84. The first-order valence-electron chi connectivity index (χ1n) is 7.09. The van der Waals surface area contributed by atoms with Crippen molar-refractivity contribution in [3.8, 4) is 0 Å². The van der Waals surface area contributed by atoms with Gasteiger partial charge in [0.15, 0.2) is 0 Å². The number of nitrogens with zero attached hydrogens (tertiary/aromatic N) is 1. The summed E-state index contributed by atoms with van der Waals surface area (Å²) in [6.07, 6.45) is 1.17. The number of hydrogen-bond acceptors (Lipinski definition) is 2. The molecule has 2 heteroatoms. The number of nitrogens with one attached hydrogen (secondary N) is 1. The van der Waals surface area contributed by atoms with Gasteiger partial charge in [0.25, 0.3) is 0 Å². The van der Waals surface area contributed by atoms with E-state index in [1.54, 1.807) is 0 Å². The second-order valence-electron chi connectivity index (χ2n) is 5.51. The molecule has 0 aliphatic rings. The van der Waals surface area contributed by atoms with Gasteiger partial charge in [0, 0.05) is 25.3 Å². The van der Waals surface area contributed by atoms with Crippen LogP contribution in [0.25, 0.3) is 0 Å². The Morgan fingerprint density at radius 3 is 2.44 bits per heavy atom. The number of para-hydroxylation sites is 1. The minimum atomic E-state index is 0.413. The van der Waals surface area contributed by atoms with Crippen molar-refractivity contribution in [1.82, 2.24) is 5.32 Å². The molecule has 102 valence electrons. The van der Waals surface area contributed by atoms with Gasteiger partial charge in [0.05, 0.1) is 0 Å². The van der Waals surface area contributed by atoms with Crippen molar-refractivity contribution in [2.45, 2.75) is 40.2 Å². The van der Waals surface area contributed by atoms with Gasteiger partial charge in [-0.15, -0.1) is 0 Å². The summed E-state index contributed by atoms with van der Waals surface area (Å²) in [6.45, 7) is 11.1. The van der Waals surface area contributed by atoms with Gasteiger partial charge in [-0.05, 0) is 37.4 Å². The summed E-state index contributed by atoms with van der Waals surface area (Å²) >= 11 is 0. The highest BCUT2D eigenvalue weighted by Crippen LogP contribution is 2.25. The Hall–Kier alpha value is -1.02. The van der Waals surface area contributed by atoms with E-state index in [1.807, 2.05) is 0 Å². The second kappa shape index (κ2) is 7.42. The van der Waals surface area contributed by atoms with Crippen LogP contribution in [0, 0.1) is 5.92 Å². The van der Waals surface area contributed by atoms with Crippen molar-refractivity contribution < 1.29 is 0 Å². The Bertz CT molecular complexity index is 347. The monoisotopic (exact) mass is 248 g/mol. The van der Waals surface area contributed by atoms with Gasteiger partial charge in [0.2, 0.25) is 0 Å². The molecule has 1 rings (SSSR count). The molecule has 0 saturated heterocycles. The van der Waals surface area contributed by atoms with E-state index < -0.39 is 0 Å². The number of benzene rings is 1. The van der Waals surface area contributed by atoms with Gasteiger partial charge in [-0.25, -0.2) is 0 Å². The first-order chi connectivity index (χ1) is 8.56. The van der Waals surface area contributed by atoms with Gasteiger partial charge >= 0.3 is 0 Å². The van der Waals surface area contributed by atoms with Gasteiger partial charge in [-0.2, -0.15) is 0 Å². The van der Waals surface area contributed by atoms with E-state index in [0.717, 1.165) is 13.1 Å². The fraction of sp³-hybridized carbons (Fsp3) is 0.625. The third kappa shape index (κ3) is 4.34. The second-order valence-corrected chi connectivity index (χ2v) is 5.51. The molecule has 1 aromatic carbocycles. The smallest absolute Gasteiger partial charge is 0.0412 e. The van der Waals surface area contributed by atoms with Crippen molar-refractivity contribution in [1.29, 1.82) is 0 Å². The topological polar surface area (TPSA) is 15.3 Å². The maximum atomic E-state index is 3.57. The zero-order chi connectivity index (χ0) is 13.5. The maximum absolute atomic E-state index is 3.57. The van der Waals surface area contributed by atoms with Gasteiger partial charge in [-0.3, -0.25) is 0 Å². The molecule has 0 spiro atoms. The van der Waals surface area contributed by atoms with Crippen molar-refractivity contribution >= 4 is 5.69 Å². The quantitative estimate of drug-likeness (QED) is 0.788. The van der Waals surface area contributed by atoms with E-state index in [0.29, 0.717) is 12.0 Å². The molecule has 1 N–H and O–H groups in total. The molecule has 0 fully saturated rings. The molecule has 0 saturated carbocycles. The predicted molar refractivity (Wildman–Crippen MR) is 81.3 cm³/mol. The van der Waals surface area contributed by atoms with Crippen LogP contribution >= 0.6 is 0 Å². The highest BCUT2D eigenvalue weighted by molar-refractivity contribution is 5.54. The molecule has 0 bridgehead atoms. The number of hydrogen-bond donors (Lipinski definition) is 1. The zero-order valence-corrected chi connectivity index (χ0v) is 12.5. The van der Waals surface area contributed by atoms with Crippen LogP contribution in [-0.4, -0.2) is 20.1 Å². The standard InChI is InChI=1S/C16H28N2/c1-6-11-17-14(4)15-9-7-8-10-16(15)18(5)12-13(2)3/h7-10,13-14,17H,6,11-12H2,1-5H3. The van der Waals surface area contributed by atoms with E-state index in [-0.39, 0.29) is 0 Å². The molecule has 0 aliphatic carbocycles. The van der Waals surface area contributed by atoms with Crippen LogP contribution in [-0.2, 0) is 0 Å². The summed E-state index contributed by atoms with van der Waals surface area (Å²) in [5, 5.41) is 3.57. The first kappa shape index (κ1) is 15.0. The van der Waals surface area contributed by atoms with Crippen molar-refractivity contribution in [2.75, 3.05) is 25.0 Å². The number of anilines is 1. The average molecular weight is 248 g/mol. The molecule has 1 aromatic rings. The van der Waals surface area contributed by atoms with Crippen LogP contribution in [0.4, 0.5) is 5.69 Å². The third-order valence-electron chi connectivity index (χ3n) is 3.15. The molecule has 0 radical (unpaired) electrons. The van der Waals surface area contributed by atoms with E-state index in [4.69, 9.17) is 0 Å². The van der Waals surface area contributed by atoms with Crippen molar-refractivity contribution in [2.24, 2.45) is 5.92 Å². The maximum Gasteiger partial charge on any atom is 0.0412 e. The van der Waals surface area contributed by atoms with Crippen LogP contribution in [0.15, 0.2) is 24.3 Å². The Morgan fingerprint density at radius 2 is 1.83 bits per heavy atom. The van der Waals surface area contributed by atoms with E-state index >= 15 is 0 Å². The first-order valence-corrected chi connectivity index (χ1v) is 7.09. The molecular formula is C16H28N2. The number of rotatable bonds is 7. The Labute approximate surface area is 112 Å². The third-order valence-corrected chi connectivity index (χ3v) is 3.15. The lowest BCUT2D eigenvalue weighted by molar-refractivity contribution is 0.567. The molecule has 1 unspecified atom stereocenters. The average Bonchev–Trinajstić information content (AvgIpc) is 2.35. The fourth-order valence-electron chi connectivity index (χ4n) is 2.32. The molecular weight excluding hydrogens is 220 g/mol. The van der Waals surface area contributed by atoms with Crippen LogP contribution in [0.3, 0.4) is 0 Å². The van der Waals surface area contributed by atoms with E-state index in [1.165, 1.54) is 17.7 Å². The minimum Gasteiger partial charge on any atom is -0.374 e. The van der Waals surface area contributed by atoms with Crippen molar-refractivity contribution in [3.05, 3.63) is 29.8 Å². The fourth-order valence-corrected chi connectivity index (χ4v) is 2.32. The molecule has 0 aromatic heterocycles. The zero-order valence-electron chi connectivity index (χ0n) is 12.5. The molecule has 1 atom stereocenters. The predicted octanol–water partition coefficient (Wildman–Crippen LogP) is 3.84. The van der Waals surface area contributed by atoms with Gasteiger partial charge < -0.3 is 10.2 Å². The molecule has 0 amide bonds. The summed E-state index contributed by atoms with van der Waals surface area (Å²) in [6, 6.07) is 9.13. The summed E-state index contributed by atoms with van der Waals surface area (Å²) in [5.41, 5.74) is 2.75. The Morgan fingerprint density at radius 1 is 1.17 bits per heavy atom. The molecule has 18 heavy (non-hydrogen) atoms. The normalized spacial score (nSPS) is 12.8. The van der Waals surface area contributed by atoms with Crippen LogP contribution in [0.5, 0.6) is 0 Å². The largest absolute Gasteiger partial charge is 0.374 e. The highest BCUT2D eigenvalue weighted by atomic mass is 15.1. The lowest BCUT2D eigenvalue weighted by Gasteiger charge is -2.27. The molecule has 0 aliphatic heterocycles. The molecule has 2 nitrogen and oxygen atoms in total. The van der Waals surface area contributed by atoms with Crippen LogP contribution in [0.2, 0.25) is 0 Å². The lowest BCUT2D eigenvalue weighted by atomic mass is 10.0. The summed E-state index contributed by atoms with van der Waals surface area (Å²) in [4.78, 5) is 2.37. The van der Waals surface area contributed by atoms with E-state index in [9.17, 15) is 0 Å². The SMILES string of the molecule is CCCNC(C)c1ccccc1N(C)CC(C)C. The van der Waals surface area contributed by atoms with Crippen molar-refractivity contribution in [3.63, 3.8) is 0 Å². The summed E-state index contributed by atoms with van der Waals surface area (Å²) in [5.74, 6) is 0.682. The lowest BCUT2D eigenvalue weighted by Crippen LogP contribution is -2.26. The Kier molecular flexibility index (Phi) is 6.20. The van der Waals surface area contributed by atoms with Crippen LogP contribution in [0.1, 0.15) is 45.7 Å². The minimum absolute atomic E-state index is 0.413. The summed E-state index contributed by atoms with van der Waals surface area (Å²) < 4.78 is 0. The molecule has 0 heterocycles. The van der Waals surface area contributed by atoms with Crippen LogP contribution < -0.4 is 10.2 Å². The summed E-state index contributed by atoms with van der Waals surface area (Å²) in [7, 11) is 2.19. The highest BCUT2D eigenvalue weighted by Gasteiger charge is 2.12.